The summed E-state index contributed by atoms with van der Waals surface area (Å²) < 4.78 is 0. The van der Waals surface area contributed by atoms with Gasteiger partial charge in [0, 0.05) is 43.7 Å². The highest BCUT2D eigenvalue weighted by atomic mass is 32.1. The number of thiophene rings is 1. The first kappa shape index (κ1) is 19.8. The SMILES string of the molecule is CCC1c2ccsc2CCN1C(=O)CN1CCN(c2ccccc2[N+](=O)[O-])CC1. The molecule has 3 heterocycles. The van der Waals surface area contributed by atoms with Gasteiger partial charge in [-0.3, -0.25) is 19.8 Å². The molecule has 1 fully saturated rings. The van der Waals surface area contributed by atoms with Crippen molar-refractivity contribution in [2.45, 2.75) is 25.8 Å². The Morgan fingerprint density at radius 1 is 1.17 bits per heavy atom. The van der Waals surface area contributed by atoms with Crippen LogP contribution >= 0.6 is 11.3 Å². The minimum atomic E-state index is -0.328. The van der Waals surface area contributed by atoms with Gasteiger partial charge in [0.2, 0.25) is 5.91 Å². The van der Waals surface area contributed by atoms with Crippen molar-refractivity contribution in [2.24, 2.45) is 0 Å². The molecule has 0 aliphatic carbocycles. The fourth-order valence-electron chi connectivity index (χ4n) is 4.45. The van der Waals surface area contributed by atoms with Gasteiger partial charge >= 0.3 is 0 Å². The molecule has 8 heteroatoms. The summed E-state index contributed by atoms with van der Waals surface area (Å²) in [5.74, 6) is 0.188. The molecule has 0 spiro atoms. The highest BCUT2D eigenvalue weighted by Crippen LogP contribution is 2.35. The summed E-state index contributed by atoms with van der Waals surface area (Å²) >= 11 is 1.79. The molecule has 1 amide bonds. The van der Waals surface area contributed by atoms with Crippen LogP contribution in [0.1, 0.15) is 29.8 Å². The van der Waals surface area contributed by atoms with Gasteiger partial charge in [-0.15, -0.1) is 11.3 Å². The van der Waals surface area contributed by atoms with Crippen molar-refractivity contribution in [1.29, 1.82) is 0 Å². The second kappa shape index (κ2) is 8.51. The van der Waals surface area contributed by atoms with Crippen molar-refractivity contribution < 1.29 is 9.72 Å². The first-order valence-corrected chi connectivity index (χ1v) is 11.0. The molecule has 29 heavy (non-hydrogen) atoms. The summed E-state index contributed by atoms with van der Waals surface area (Å²) in [7, 11) is 0. The number of benzene rings is 1. The smallest absolute Gasteiger partial charge is 0.292 e. The zero-order valence-corrected chi connectivity index (χ0v) is 17.4. The zero-order chi connectivity index (χ0) is 20.4. The summed E-state index contributed by atoms with van der Waals surface area (Å²) in [6, 6.07) is 9.23. The third-order valence-electron chi connectivity index (χ3n) is 5.95. The van der Waals surface area contributed by atoms with Gasteiger partial charge in [-0.1, -0.05) is 19.1 Å². The number of nitro groups is 1. The standard InChI is InChI=1S/C21H26N4O3S/c1-2-17-16-8-14-29-20(16)7-9-24(17)21(26)15-22-10-12-23(13-11-22)18-5-3-4-6-19(18)25(27)28/h3-6,8,14,17H,2,7,9-13,15H2,1H3. The molecule has 1 aromatic heterocycles. The van der Waals surface area contributed by atoms with Gasteiger partial charge in [0.1, 0.15) is 5.69 Å². The first-order chi connectivity index (χ1) is 14.1. The molecule has 0 bridgehead atoms. The molecule has 2 aromatic rings. The number of rotatable bonds is 5. The van der Waals surface area contributed by atoms with Crippen LogP contribution in [0.15, 0.2) is 35.7 Å². The number of fused-ring (bicyclic) bond motifs is 1. The maximum Gasteiger partial charge on any atom is 0.292 e. The number of carbonyl (C=O) groups excluding carboxylic acids is 1. The predicted octanol–water partition coefficient (Wildman–Crippen LogP) is 3.31. The van der Waals surface area contributed by atoms with Gasteiger partial charge in [-0.25, -0.2) is 0 Å². The molecule has 1 aromatic carbocycles. The lowest BCUT2D eigenvalue weighted by atomic mass is 9.97. The maximum atomic E-state index is 13.0. The van der Waals surface area contributed by atoms with E-state index in [-0.39, 0.29) is 22.6 Å². The Kier molecular flexibility index (Phi) is 5.82. The van der Waals surface area contributed by atoms with Crippen molar-refractivity contribution in [3.63, 3.8) is 0 Å². The molecule has 7 nitrogen and oxygen atoms in total. The molecular weight excluding hydrogens is 388 g/mol. The van der Waals surface area contributed by atoms with Crippen molar-refractivity contribution in [3.05, 3.63) is 56.3 Å². The van der Waals surface area contributed by atoms with Crippen LogP contribution in [0.4, 0.5) is 11.4 Å². The van der Waals surface area contributed by atoms with E-state index in [1.54, 1.807) is 29.5 Å². The van der Waals surface area contributed by atoms with Crippen LogP contribution in [0.2, 0.25) is 0 Å². The Labute approximate surface area is 174 Å². The number of anilines is 1. The van der Waals surface area contributed by atoms with E-state index in [4.69, 9.17) is 0 Å². The first-order valence-electron chi connectivity index (χ1n) is 10.1. The van der Waals surface area contributed by atoms with E-state index in [0.717, 1.165) is 32.5 Å². The van der Waals surface area contributed by atoms with E-state index in [9.17, 15) is 14.9 Å². The molecule has 1 unspecified atom stereocenters. The topological polar surface area (TPSA) is 69.9 Å². The van der Waals surface area contributed by atoms with Gasteiger partial charge in [0.05, 0.1) is 17.5 Å². The lowest BCUT2D eigenvalue weighted by Crippen LogP contribution is -2.51. The van der Waals surface area contributed by atoms with Crippen molar-refractivity contribution in [3.8, 4) is 0 Å². The summed E-state index contributed by atoms with van der Waals surface area (Å²) in [6.45, 7) is 6.18. The molecule has 0 radical (unpaired) electrons. The molecule has 1 atom stereocenters. The lowest BCUT2D eigenvalue weighted by Gasteiger charge is -2.39. The van der Waals surface area contributed by atoms with Gasteiger partial charge in [-0.2, -0.15) is 0 Å². The third kappa shape index (κ3) is 4.00. The van der Waals surface area contributed by atoms with Gasteiger partial charge in [0.15, 0.2) is 0 Å². The van der Waals surface area contributed by atoms with E-state index in [0.29, 0.717) is 25.3 Å². The quantitative estimate of drug-likeness (QED) is 0.555. The molecular formula is C21H26N4O3S. The van der Waals surface area contributed by atoms with Crippen LogP contribution in [0.25, 0.3) is 0 Å². The second-order valence-corrected chi connectivity index (χ2v) is 8.57. The Morgan fingerprint density at radius 2 is 1.93 bits per heavy atom. The van der Waals surface area contributed by atoms with Crippen molar-refractivity contribution in [1.82, 2.24) is 9.80 Å². The number of hydrogen-bond acceptors (Lipinski definition) is 6. The number of para-hydroxylation sites is 2. The van der Waals surface area contributed by atoms with Crippen molar-refractivity contribution >= 4 is 28.6 Å². The van der Waals surface area contributed by atoms with E-state index in [2.05, 4.69) is 23.3 Å². The minimum Gasteiger partial charge on any atom is -0.363 e. The van der Waals surface area contributed by atoms with E-state index < -0.39 is 0 Å². The largest absolute Gasteiger partial charge is 0.363 e. The number of amides is 1. The average molecular weight is 415 g/mol. The van der Waals surface area contributed by atoms with Gasteiger partial charge in [0.25, 0.3) is 5.69 Å². The number of carbonyl (C=O) groups is 1. The van der Waals surface area contributed by atoms with Gasteiger partial charge < -0.3 is 9.80 Å². The Morgan fingerprint density at radius 3 is 2.66 bits per heavy atom. The minimum absolute atomic E-state index is 0.141. The van der Waals surface area contributed by atoms with Crippen LogP contribution in [-0.4, -0.2) is 59.9 Å². The van der Waals surface area contributed by atoms with Crippen LogP contribution in [-0.2, 0) is 11.2 Å². The Balaban J connectivity index is 1.37. The van der Waals surface area contributed by atoms with Crippen LogP contribution in [0, 0.1) is 10.1 Å². The fraction of sp³-hybridized carbons (Fsp3) is 0.476. The predicted molar refractivity (Wildman–Crippen MR) is 115 cm³/mol. The molecule has 0 N–H and O–H groups in total. The summed E-state index contributed by atoms with van der Waals surface area (Å²) in [4.78, 5) is 31.7. The fourth-order valence-corrected chi connectivity index (χ4v) is 5.38. The normalized spacial score (nSPS) is 19.8. The summed E-state index contributed by atoms with van der Waals surface area (Å²) in [6.07, 6.45) is 1.88. The number of nitro benzene ring substituents is 1. The summed E-state index contributed by atoms with van der Waals surface area (Å²) in [5.41, 5.74) is 2.12. The molecule has 154 valence electrons. The van der Waals surface area contributed by atoms with Crippen LogP contribution in [0.5, 0.6) is 0 Å². The number of piperazine rings is 1. The van der Waals surface area contributed by atoms with Gasteiger partial charge in [-0.05, 0) is 35.9 Å². The monoisotopic (exact) mass is 414 g/mol. The molecule has 2 aliphatic rings. The Hall–Kier alpha value is -2.45. The number of hydrogen-bond donors (Lipinski definition) is 0. The molecule has 0 saturated carbocycles. The molecule has 1 saturated heterocycles. The maximum absolute atomic E-state index is 13.0. The van der Waals surface area contributed by atoms with Crippen molar-refractivity contribution in [2.75, 3.05) is 44.2 Å². The highest BCUT2D eigenvalue weighted by molar-refractivity contribution is 7.10. The van der Waals surface area contributed by atoms with Crippen LogP contribution in [0.3, 0.4) is 0 Å². The van der Waals surface area contributed by atoms with E-state index >= 15 is 0 Å². The second-order valence-electron chi connectivity index (χ2n) is 7.57. The Bertz CT molecular complexity index is 892. The lowest BCUT2D eigenvalue weighted by molar-refractivity contribution is -0.384. The molecule has 4 rings (SSSR count). The molecule has 2 aliphatic heterocycles. The van der Waals surface area contributed by atoms with E-state index in [1.807, 2.05) is 15.9 Å². The number of nitrogens with zero attached hydrogens (tertiary/aromatic N) is 4. The summed E-state index contributed by atoms with van der Waals surface area (Å²) in [5, 5.41) is 13.4. The average Bonchev–Trinajstić information content (AvgIpc) is 3.22. The van der Waals surface area contributed by atoms with E-state index in [1.165, 1.54) is 10.4 Å². The zero-order valence-electron chi connectivity index (χ0n) is 16.6. The highest BCUT2D eigenvalue weighted by Gasteiger charge is 2.32. The van der Waals surface area contributed by atoms with Crippen LogP contribution < -0.4 is 4.90 Å². The third-order valence-corrected chi connectivity index (χ3v) is 6.95.